The third-order valence-corrected chi connectivity index (χ3v) is 2.26. The first kappa shape index (κ1) is 15.9. The zero-order chi connectivity index (χ0) is 11.1. The van der Waals surface area contributed by atoms with E-state index in [4.69, 9.17) is 0 Å². The summed E-state index contributed by atoms with van der Waals surface area (Å²) < 4.78 is 0. The van der Waals surface area contributed by atoms with Crippen LogP contribution in [0.15, 0.2) is 25.8 Å². The summed E-state index contributed by atoms with van der Waals surface area (Å²) >= 11 is 0. The van der Waals surface area contributed by atoms with Crippen molar-refractivity contribution in [3.8, 4) is 0 Å². The van der Waals surface area contributed by atoms with E-state index in [0.717, 1.165) is 0 Å². The molecule has 14 heavy (non-hydrogen) atoms. The molecule has 0 saturated carbocycles. The Morgan fingerprint density at radius 1 is 0.786 bits per heavy atom. The Labute approximate surface area is 91.1 Å². The van der Waals surface area contributed by atoms with Crippen LogP contribution in [-0.4, -0.2) is 0 Å². The van der Waals surface area contributed by atoms with Gasteiger partial charge in [0.2, 0.25) is 0 Å². The van der Waals surface area contributed by atoms with Crippen LogP contribution in [0.3, 0.4) is 0 Å². The number of hydrogen-bond donors (Lipinski definition) is 0. The van der Waals surface area contributed by atoms with Gasteiger partial charge in [0.15, 0.2) is 0 Å². The van der Waals surface area contributed by atoms with Gasteiger partial charge in [-0.3, -0.25) is 0 Å². The van der Waals surface area contributed by atoms with Gasteiger partial charge in [0.25, 0.3) is 0 Å². The maximum atomic E-state index is 3.72. The number of unbranched alkanes of at least 4 members (excludes halogenated alkanes) is 8. The van der Waals surface area contributed by atoms with E-state index >= 15 is 0 Å². The number of rotatable bonds is 9. The third-order valence-electron chi connectivity index (χ3n) is 2.26. The van der Waals surface area contributed by atoms with Crippen molar-refractivity contribution in [1.29, 1.82) is 0 Å². The van der Waals surface area contributed by atoms with Crippen molar-refractivity contribution < 1.29 is 0 Å². The average Bonchev–Trinajstić information content (AvgIpc) is 2.25. The Bertz CT molecular complexity index is 94.2. The molecule has 0 atom stereocenters. The molecule has 0 radical (unpaired) electrons. The van der Waals surface area contributed by atoms with E-state index in [9.17, 15) is 0 Å². The van der Waals surface area contributed by atoms with Crippen LogP contribution in [0.5, 0.6) is 0 Å². The van der Waals surface area contributed by atoms with E-state index in [0.29, 0.717) is 0 Å². The second-order valence-corrected chi connectivity index (χ2v) is 3.55. The smallest absolute Gasteiger partial charge is 0.0353 e. The second-order valence-electron chi connectivity index (χ2n) is 3.55. The lowest BCUT2D eigenvalue weighted by atomic mass is 10.1. The zero-order valence-electron chi connectivity index (χ0n) is 10.1. The number of hydrogen-bond acceptors (Lipinski definition) is 0. The van der Waals surface area contributed by atoms with Crippen LogP contribution < -0.4 is 0 Å². The highest BCUT2D eigenvalue weighted by atomic mass is 14.0. The summed E-state index contributed by atoms with van der Waals surface area (Å²) in [5, 5.41) is 0. The minimum absolute atomic E-state index is 1.20. The van der Waals surface area contributed by atoms with Crippen molar-refractivity contribution in [1.82, 2.24) is 0 Å². The van der Waals surface area contributed by atoms with E-state index < -0.39 is 0 Å². The molecular formula is C14H28. The van der Waals surface area contributed by atoms with Crippen LogP contribution in [-0.2, 0) is 0 Å². The van der Waals surface area contributed by atoms with Gasteiger partial charge in [0.1, 0.15) is 0 Å². The summed E-state index contributed by atoms with van der Waals surface area (Å²) in [5.41, 5.74) is 0. The summed E-state index contributed by atoms with van der Waals surface area (Å²) in [6.45, 7) is 12.0. The van der Waals surface area contributed by atoms with Crippen LogP contribution in [0, 0.1) is 0 Å². The summed E-state index contributed by atoms with van der Waals surface area (Å²) in [6.07, 6.45) is 14.5. The maximum Gasteiger partial charge on any atom is -0.0353 e. The van der Waals surface area contributed by atoms with Gasteiger partial charge in [-0.25, -0.2) is 0 Å². The Balaban J connectivity index is 0. The minimum atomic E-state index is 1.20. The molecule has 0 bridgehead atoms. The molecule has 84 valence electrons. The normalized spacial score (nSPS) is 8.93. The van der Waals surface area contributed by atoms with Crippen molar-refractivity contribution in [2.45, 2.75) is 64.7 Å². The molecule has 0 rings (SSSR count). The summed E-state index contributed by atoms with van der Waals surface area (Å²) in [6, 6.07) is 0. The highest BCUT2D eigenvalue weighted by molar-refractivity contribution is 4.65. The van der Waals surface area contributed by atoms with Gasteiger partial charge in [0.05, 0.1) is 0 Å². The predicted molar refractivity (Wildman–Crippen MR) is 68.7 cm³/mol. The topological polar surface area (TPSA) is 0 Å². The first-order chi connectivity index (χ1) is 6.91. The fraction of sp³-hybridized carbons (Fsp3) is 0.714. The molecule has 0 N–H and O–H groups in total. The monoisotopic (exact) mass is 196 g/mol. The standard InChI is InChI=1S/C12H24.C2H4/c1-3-5-7-9-11-12-10-8-6-4-2;1-2/h3H,1,4-12H2,2H3;1-2H2. The van der Waals surface area contributed by atoms with Gasteiger partial charge < -0.3 is 0 Å². The van der Waals surface area contributed by atoms with Gasteiger partial charge >= 0.3 is 0 Å². The molecule has 0 fully saturated rings. The van der Waals surface area contributed by atoms with Gasteiger partial charge in [0, 0.05) is 0 Å². The van der Waals surface area contributed by atoms with Crippen molar-refractivity contribution in [3.05, 3.63) is 25.8 Å². The van der Waals surface area contributed by atoms with E-state index in [1.54, 1.807) is 0 Å². The first-order valence-corrected chi connectivity index (χ1v) is 6.02. The molecule has 0 spiro atoms. The van der Waals surface area contributed by atoms with E-state index in [2.05, 4.69) is 26.7 Å². The van der Waals surface area contributed by atoms with E-state index in [1.165, 1.54) is 57.8 Å². The van der Waals surface area contributed by atoms with Crippen molar-refractivity contribution in [3.63, 3.8) is 0 Å². The molecule has 0 amide bonds. The molecule has 0 aromatic heterocycles. The zero-order valence-corrected chi connectivity index (χ0v) is 10.1. The third kappa shape index (κ3) is 17.5. The van der Waals surface area contributed by atoms with Crippen molar-refractivity contribution in [2.75, 3.05) is 0 Å². The number of allylic oxidation sites excluding steroid dienone is 1. The van der Waals surface area contributed by atoms with Crippen LogP contribution >= 0.6 is 0 Å². The Kier molecular flexibility index (Phi) is 20.8. The Morgan fingerprint density at radius 2 is 1.21 bits per heavy atom. The second kappa shape index (κ2) is 18.3. The quantitative estimate of drug-likeness (QED) is 0.337. The SMILES string of the molecule is C=C.C=CCCCCCCCCCC. The molecule has 0 heteroatoms. The highest BCUT2D eigenvalue weighted by Gasteiger charge is 1.89. The van der Waals surface area contributed by atoms with Crippen molar-refractivity contribution in [2.24, 2.45) is 0 Å². The molecule has 0 heterocycles. The molecule has 0 aliphatic rings. The first-order valence-electron chi connectivity index (χ1n) is 6.02. The van der Waals surface area contributed by atoms with Gasteiger partial charge in [-0.15, -0.1) is 19.7 Å². The lowest BCUT2D eigenvalue weighted by Gasteiger charge is -1.99. The van der Waals surface area contributed by atoms with Crippen LogP contribution in [0.25, 0.3) is 0 Å². The van der Waals surface area contributed by atoms with Gasteiger partial charge in [-0.1, -0.05) is 57.9 Å². The van der Waals surface area contributed by atoms with Crippen molar-refractivity contribution >= 4 is 0 Å². The summed E-state index contributed by atoms with van der Waals surface area (Å²) in [4.78, 5) is 0. The fourth-order valence-corrected chi connectivity index (χ4v) is 1.42. The molecule has 0 aromatic rings. The molecule has 0 aliphatic carbocycles. The molecule has 0 unspecified atom stereocenters. The molecule has 0 saturated heterocycles. The maximum absolute atomic E-state index is 3.72. The van der Waals surface area contributed by atoms with Gasteiger partial charge in [-0.05, 0) is 12.8 Å². The largest absolute Gasteiger partial charge is 0.106 e. The summed E-state index contributed by atoms with van der Waals surface area (Å²) in [5.74, 6) is 0. The predicted octanol–water partition coefficient (Wildman–Crippen LogP) is 5.51. The average molecular weight is 196 g/mol. The van der Waals surface area contributed by atoms with Crippen LogP contribution in [0.4, 0.5) is 0 Å². The molecular weight excluding hydrogens is 168 g/mol. The molecule has 0 nitrogen and oxygen atoms in total. The molecule has 0 aliphatic heterocycles. The van der Waals surface area contributed by atoms with E-state index in [1.807, 2.05) is 6.08 Å². The fourth-order valence-electron chi connectivity index (χ4n) is 1.42. The lowest BCUT2D eigenvalue weighted by molar-refractivity contribution is 0.578. The van der Waals surface area contributed by atoms with E-state index in [-0.39, 0.29) is 0 Å². The molecule has 0 aromatic carbocycles. The highest BCUT2D eigenvalue weighted by Crippen LogP contribution is 2.09. The Hall–Kier alpha value is -0.520. The lowest BCUT2D eigenvalue weighted by Crippen LogP contribution is -1.79. The van der Waals surface area contributed by atoms with Crippen LogP contribution in [0.1, 0.15) is 64.7 Å². The Morgan fingerprint density at radius 3 is 1.64 bits per heavy atom. The minimum Gasteiger partial charge on any atom is -0.106 e. The van der Waals surface area contributed by atoms with Gasteiger partial charge in [-0.2, -0.15) is 0 Å². The van der Waals surface area contributed by atoms with Crippen LogP contribution in [0.2, 0.25) is 0 Å². The summed E-state index contributed by atoms with van der Waals surface area (Å²) in [7, 11) is 0.